The summed E-state index contributed by atoms with van der Waals surface area (Å²) in [4.78, 5) is 10.6. The van der Waals surface area contributed by atoms with Crippen molar-refractivity contribution in [2.75, 3.05) is 18.5 Å². The van der Waals surface area contributed by atoms with Crippen molar-refractivity contribution >= 4 is 28.7 Å². The lowest BCUT2D eigenvalue weighted by Gasteiger charge is -2.11. The SMILES string of the molecule is NCCOc1cccc(Nc2c(Cl)cccc2[N+](=O)[O-])c1. The Morgan fingerprint density at radius 1 is 1.29 bits per heavy atom. The first kappa shape index (κ1) is 15.1. The molecule has 0 spiro atoms. The maximum absolute atomic E-state index is 11.0. The molecular formula is C14H14ClN3O3. The van der Waals surface area contributed by atoms with Crippen molar-refractivity contribution in [1.82, 2.24) is 0 Å². The summed E-state index contributed by atoms with van der Waals surface area (Å²) in [5.74, 6) is 0.625. The minimum absolute atomic E-state index is 0.0872. The third kappa shape index (κ3) is 3.84. The van der Waals surface area contributed by atoms with Gasteiger partial charge in [-0.15, -0.1) is 0 Å². The number of nitro groups is 1. The highest BCUT2D eigenvalue weighted by molar-refractivity contribution is 6.33. The lowest BCUT2D eigenvalue weighted by molar-refractivity contribution is -0.383. The van der Waals surface area contributed by atoms with Gasteiger partial charge in [0.25, 0.3) is 5.69 Å². The highest BCUT2D eigenvalue weighted by atomic mass is 35.5. The molecule has 2 rings (SSSR count). The molecule has 2 aromatic rings. The van der Waals surface area contributed by atoms with Crippen molar-refractivity contribution in [3.63, 3.8) is 0 Å². The van der Waals surface area contributed by atoms with Crippen LogP contribution in [-0.4, -0.2) is 18.1 Å². The summed E-state index contributed by atoms with van der Waals surface area (Å²) in [5, 5.41) is 14.3. The van der Waals surface area contributed by atoms with E-state index >= 15 is 0 Å². The molecule has 0 fully saturated rings. The second-order valence-corrected chi connectivity index (χ2v) is 4.59. The summed E-state index contributed by atoms with van der Waals surface area (Å²) in [5.41, 5.74) is 6.18. The number of hydrogen-bond acceptors (Lipinski definition) is 5. The predicted octanol–water partition coefficient (Wildman–Crippen LogP) is 3.33. The Kier molecular flexibility index (Phi) is 4.97. The van der Waals surface area contributed by atoms with Crippen LogP contribution in [0.3, 0.4) is 0 Å². The Hall–Kier alpha value is -2.31. The van der Waals surface area contributed by atoms with E-state index in [4.69, 9.17) is 22.1 Å². The molecule has 0 amide bonds. The smallest absolute Gasteiger partial charge is 0.294 e. The normalized spacial score (nSPS) is 10.2. The van der Waals surface area contributed by atoms with Gasteiger partial charge in [0.1, 0.15) is 18.0 Å². The molecular weight excluding hydrogens is 294 g/mol. The fraction of sp³-hybridized carbons (Fsp3) is 0.143. The molecule has 0 saturated heterocycles. The fourth-order valence-electron chi connectivity index (χ4n) is 1.77. The van der Waals surface area contributed by atoms with E-state index in [2.05, 4.69) is 5.32 Å². The number of hydrogen-bond donors (Lipinski definition) is 2. The average molecular weight is 308 g/mol. The lowest BCUT2D eigenvalue weighted by Crippen LogP contribution is -2.10. The molecule has 0 aliphatic heterocycles. The van der Waals surface area contributed by atoms with Gasteiger partial charge in [0.05, 0.1) is 9.95 Å². The van der Waals surface area contributed by atoms with Crippen LogP contribution in [0.25, 0.3) is 0 Å². The second-order valence-electron chi connectivity index (χ2n) is 4.18. The number of halogens is 1. The van der Waals surface area contributed by atoms with Crippen molar-refractivity contribution in [2.45, 2.75) is 0 Å². The monoisotopic (exact) mass is 307 g/mol. The zero-order chi connectivity index (χ0) is 15.2. The van der Waals surface area contributed by atoms with Crippen LogP contribution in [0, 0.1) is 10.1 Å². The fourth-order valence-corrected chi connectivity index (χ4v) is 1.99. The number of anilines is 2. The minimum atomic E-state index is -0.483. The summed E-state index contributed by atoms with van der Waals surface area (Å²) in [6.07, 6.45) is 0. The Morgan fingerprint density at radius 3 is 2.76 bits per heavy atom. The van der Waals surface area contributed by atoms with Crippen molar-refractivity contribution < 1.29 is 9.66 Å². The first-order valence-electron chi connectivity index (χ1n) is 6.24. The van der Waals surface area contributed by atoms with Crippen molar-refractivity contribution in [3.8, 4) is 5.75 Å². The van der Waals surface area contributed by atoms with Gasteiger partial charge in [0, 0.05) is 24.4 Å². The van der Waals surface area contributed by atoms with Crippen LogP contribution in [-0.2, 0) is 0 Å². The number of benzene rings is 2. The first-order chi connectivity index (χ1) is 10.1. The quantitative estimate of drug-likeness (QED) is 0.631. The number of nitro benzene ring substituents is 1. The molecule has 110 valence electrons. The zero-order valence-electron chi connectivity index (χ0n) is 11.1. The van der Waals surface area contributed by atoms with E-state index in [1.165, 1.54) is 12.1 Å². The second kappa shape index (κ2) is 6.92. The van der Waals surface area contributed by atoms with Crippen LogP contribution in [0.15, 0.2) is 42.5 Å². The zero-order valence-corrected chi connectivity index (χ0v) is 11.8. The van der Waals surface area contributed by atoms with Crippen molar-refractivity contribution in [1.29, 1.82) is 0 Å². The molecule has 0 atom stereocenters. The Labute approximate surface area is 126 Å². The van der Waals surface area contributed by atoms with Gasteiger partial charge < -0.3 is 15.8 Å². The molecule has 6 nitrogen and oxygen atoms in total. The molecule has 0 aliphatic carbocycles. The van der Waals surface area contributed by atoms with E-state index < -0.39 is 4.92 Å². The number of nitrogens with zero attached hydrogens (tertiary/aromatic N) is 1. The topological polar surface area (TPSA) is 90.4 Å². The minimum Gasteiger partial charge on any atom is -0.492 e. The van der Waals surface area contributed by atoms with Crippen molar-refractivity contribution in [3.05, 3.63) is 57.6 Å². The van der Waals surface area contributed by atoms with Gasteiger partial charge >= 0.3 is 0 Å². The third-order valence-corrected chi connectivity index (χ3v) is 2.99. The highest BCUT2D eigenvalue weighted by Gasteiger charge is 2.16. The Morgan fingerprint density at radius 2 is 2.05 bits per heavy atom. The van der Waals surface area contributed by atoms with Crippen LogP contribution < -0.4 is 15.8 Å². The van der Waals surface area contributed by atoms with E-state index in [0.29, 0.717) is 24.6 Å². The van der Waals surface area contributed by atoms with E-state index in [-0.39, 0.29) is 16.4 Å². The van der Waals surface area contributed by atoms with Gasteiger partial charge in [-0.3, -0.25) is 10.1 Å². The molecule has 0 unspecified atom stereocenters. The summed E-state index contributed by atoms with van der Waals surface area (Å²) in [6, 6.07) is 11.6. The van der Waals surface area contributed by atoms with Crippen LogP contribution >= 0.6 is 11.6 Å². The van der Waals surface area contributed by atoms with Crippen LogP contribution in [0.5, 0.6) is 5.75 Å². The number of nitrogens with two attached hydrogens (primary N) is 1. The largest absolute Gasteiger partial charge is 0.492 e. The van der Waals surface area contributed by atoms with E-state index in [1.807, 2.05) is 0 Å². The maximum Gasteiger partial charge on any atom is 0.294 e. The molecule has 3 N–H and O–H groups in total. The standard InChI is InChI=1S/C14H14ClN3O3/c15-12-5-2-6-13(18(19)20)14(12)17-10-3-1-4-11(9-10)21-8-7-16/h1-6,9,17H,7-8,16H2. The maximum atomic E-state index is 11.0. The molecule has 7 heteroatoms. The van der Waals surface area contributed by atoms with Gasteiger partial charge in [-0.2, -0.15) is 0 Å². The molecule has 0 heterocycles. The Balaban J connectivity index is 2.28. The molecule has 0 saturated carbocycles. The average Bonchev–Trinajstić information content (AvgIpc) is 2.47. The lowest BCUT2D eigenvalue weighted by atomic mass is 10.2. The summed E-state index contributed by atoms with van der Waals surface area (Å²) < 4.78 is 5.41. The summed E-state index contributed by atoms with van der Waals surface area (Å²) in [6.45, 7) is 0.809. The third-order valence-electron chi connectivity index (χ3n) is 2.68. The molecule has 21 heavy (non-hydrogen) atoms. The van der Waals surface area contributed by atoms with E-state index in [0.717, 1.165) is 0 Å². The van der Waals surface area contributed by atoms with Gasteiger partial charge in [0.15, 0.2) is 0 Å². The molecule has 0 aromatic heterocycles. The highest BCUT2D eigenvalue weighted by Crippen LogP contribution is 2.34. The number of ether oxygens (including phenoxy) is 1. The van der Waals surface area contributed by atoms with Crippen LogP contribution in [0.1, 0.15) is 0 Å². The number of para-hydroxylation sites is 1. The van der Waals surface area contributed by atoms with Crippen LogP contribution in [0.4, 0.5) is 17.1 Å². The molecule has 0 bridgehead atoms. The molecule has 0 aliphatic rings. The molecule has 0 radical (unpaired) electrons. The van der Waals surface area contributed by atoms with E-state index in [1.54, 1.807) is 30.3 Å². The summed E-state index contributed by atoms with van der Waals surface area (Å²) >= 11 is 6.03. The number of nitrogens with one attached hydrogen (secondary N) is 1. The first-order valence-corrected chi connectivity index (χ1v) is 6.62. The Bertz CT molecular complexity index is 649. The predicted molar refractivity (Wildman–Crippen MR) is 82.4 cm³/mol. The number of rotatable bonds is 6. The van der Waals surface area contributed by atoms with Gasteiger partial charge in [-0.05, 0) is 18.2 Å². The van der Waals surface area contributed by atoms with Gasteiger partial charge in [-0.1, -0.05) is 23.7 Å². The molecule has 2 aromatic carbocycles. The van der Waals surface area contributed by atoms with Crippen molar-refractivity contribution in [2.24, 2.45) is 5.73 Å². The van der Waals surface area contributed by atoms with Gasteiger partial charge in [-0.25, -0.2) is 0 Å². The summed E-state index contributed by atoms with van der Waals surface area (Å²) in [7, 11) is 0. The van der Waals surface area contributed by atoms with Crippen LogP contribution in [0.2, 0.25) is 5.02 Å². The van der Waals surface area contributed by atoms with Gasteiger partial charge in [0.2, 0.25) is 0 Å². The van der Waals surface area contributed by atoms with E-state index in [9.17, 15) is 10.1 Å².